The second kappa shape index (κ2) is 6.01. The van der Waals surface area contributed by atoms with E-state index in [-0.39, 0.29) is 0 Å². The van der Waals surface area contributed by atoms with E-state index in [4.69, 9.17) is 9.94 Å². The summed E-state index contributed by atoms with van der Waals surface area (Å²) in [5.74, 6) is 0.816. The third kappa shape index (κ3) is 3.29. The molecule has 0 atom stereocenters. The Balaban J connectivity index is 2.78. The van der Waals surface area contributed by atoms with E-state index in [9.17, 15) is 0 Å². The third-order valence-corrected chi connectivity index (χ3v) is 2.25. The lowest BCUT2D eigenvalue weighted by Gasteiger charge is -2.10. The van der Waals surface area contributed by atoms with Crippen molar-refractivity contribution in [3.63, 3.8) is 0 Å². The summed E-state index contributed by atoms with van der Waals surface area (Å²) in [6.45, 7) is 3.14. The van der Waals surface area contributed by atoms with Crippen LogP contribution in [0.15, 0.2) is 22.7 Å². The maximum Gasteiger partial charge on any atom is 0.123 e. The standard InChI is InChI=1S/C10H14BrNO2/c1-2-5-14-10-4-3-9(11)6-8(10)7-12-13/h3-4,6,12-13H,2,5,7H2,1H3. The highest BCUT2D eigenvalue weighted by Crippen LogP contribution is 2.23. The van der Waals surface area contributed by atoms with E-state index in [1.165, 1.54) is 0 Å². The van der Waals surface area contributed by atoms with E-state index >= 15 is 0 Å². The van der Waals surface area contributed by atoms with Crippen molar-refractivity contribution in [3.05, 3.63) is 28.2 Å². The topological polar surface area (TPSA) is 41.5 Å². The van der Waals surface area contributed by atoms with Gasteiger partial charge in [-0.2, -0.15) is 0 Å². The number of nitrogens with one attached hydrogen (secondary N) is 1. The maximum absolute atomic E-state index is 8.64. The van der Waals surface area contributed by atoms with Gasteiger partial charge in [-0.15, -0.1) is 0 Å². The zero-order chi connectivity index (χ0) is 10.4. The summed E-state index contributed by atoms with van der Waals surface area (Å²) >= 11 is 3.37. The monoisotopic (exact) mass is 259 g/mol. The van der Waals surface area contributed by atoms with E-state index < -0.39 is 0 Å². The van der Waals surface area contributed by atoms with Crippen LogP contribution < -0.4 is 10.2 Å². The van der Waals surface area contributed by atoms with Gasteiger partial charge in [-0.05, 0) is 24.6 Å². The Bertz CT molecular complexity index is 291. The molecule has 0 saturated heterocycles. The lowest BCUT2D eigenvalue weighted by molar-refractivity contribution is 0.159. The molecule has 0 radical (unpaired) electrons. The summed E-state index contributed by atoms with van der Waals surface area (Å²) in [5.41, 5.74) is 3.07. The first-order valence-electron chi connectivity index (χ1n) is 4.56. The molecule has 0 saturated carbocycles. The van der Waals surface area contributed by atoms with Crippen LogP contribution >= 0.6 is 15.9 Å². The largest absolute Gasteiger partial charge is 0.493 e. The van der Waals surface area contributed by atoms with Gasteiger partial charge in [0, 0.05) is 16.6 Å². The van der Waals surface area contributed by atoms with Gasteiger partial charge in [0.2, 0.25) is 0 Å². The highest BCUT2D eigenvalue weighted by molar-refractivity contribution is 9.10. The highest BCUT2D eigenvalue weighted by atomic mass is 79.9. The van der Waals surface area contributed by atoms with Crippen LogP contribution in [0.4, 0.5) is 0 Å². The van der Waals surface area contributed by atoms with Crippen molar-refractivity contribution in [2.24, 2.45) is 0 Å². The Morgan fingerprint density at radius 2 is 2.29 bits per heavy atom. The van der Waals surface area contributed by atoms with Crippen molar-refractivity contribution in [1.29, 1.82) is 0 Å². The van der Waals surface area contributed by atoms with Gasteiger partial charge in [0.25, 0.3) is 0 Å². The summed E-state index contributed by atoms with van der Waals surface area (Å²) in [7, 11) is 0. The van der Waals surface area contributed by atoms with Crippen molar-refractivity contribution < 1.29 is 9.94 Å². The molecule has 0 aliphatic heterocycles. The molecule has 1 aromatic rings. The van der Waals surface area contributed by atoms with Gasteiger partial charge in [0.1, 0.15) is 5.75 Å². The van der Waals surface area contributed by atoms with E-state index in [1.807, 2.05) is 18.2 Å². The average Bonchev–Trinajstić information content (AvgIpc) is 2.17. The minimum Gasteiger partial charge on any atom is -0.493 e. The molecule has 0 aromatic heterocycles. The van der Waals surface area contributed by atoms with Crippen molar-refractivity contribution in [2.75, 3.05) is 6.61 Å². The SMILES string of the molecule is CCCOc1ccc(Br)cc1CNO. The maximum atomic E-state index is 8.64. The van der Waals surface area contributed by atoms with Crippen LogP contribution in [0.5, 0.6) is 5.75 Å². The first-order chi connectivity index (χ1) is 6.77. The molecule has 0 bridgehead atoms. The molecule has 0 aliphatic rings. The van der Waals surface area contributed by atoms with Crippen LogP contribution in [0.2, 0.25) is 0 Å². The van der Waals surface area contributed by atoms with Crippen molar-refractivity contribution in [2.45, 2.75) is 19.9 Å². The summed E-state index contributed by atoms with van der Waals surface area (Å²) in [6, 6.07) is 5.74. The Morgan fingerprint density at radius 3 is 2.93 bits per heavy atom. The van der Waals surface area contributed by atoms with E-state index in [0.29, 0.717) is 13.2 Å². The van der Waals surface area contributed by atoms with E-state index in [2.05, 4.69) is 28.3 Å². The van der Waals surface area contributed by atoms with Crippen LogP contribution in [-0.4, -0.2) is 11.8 Å². The number of hydrogen-bond acceptors (Lipinski definition) is 3. The lowest BCUT2D eigenvalue weighted by atomic mass is 10.2. The quantitative estimate of drug-likeness (QED) is 0.800. The fourth-order valence-electron chi connectivity index (χ4n) is 1.12. The summed E-state index contributed by atoms with van der Waals surface area (Å²) in [5, 5.41) is 8.64. The molecule has 14 heavy (non-hydrogen) atoms. The molecule has 0 fully saturated rings. The first kappa shape index (κ1) is 11.5. The van der Waals surface area contributed by atoms with Gasteiger partial charge in [0.15, 0.2) is 0 Å². The highest BCUT2D eigenvalue weighted by Gasteiger charge is 2.03. The van der Waals surface area contributed by atoms with Gasteiger partial charge in [-0.1, -0.05) is 22.9 Å². The summed E-state index contributed by atoms with van der Waals surface area (Å²) < 4.78 is 6.50. The van der Waals surface area contributed by atoms with Crippen LogP contribution in [0, 0.1) is 0 Å². The fraction of sp³-hybridized carbons (Fsp3) is 0.400. The van der Waals surface area contributed by atoms with E-state index in [1.54, 1.807) is 0 Å². The molecular weight excluding hydrogens is 246 g/mol. The Kier molecular flexibility index (Phi) is 4.93. The lowest BCUT2D eigenvalue weighted by Crippen LogP contribution is -2.08. The molecule has 0 aliphatic carbocycles. The molecule has 2 N–H and O–H groups in total. The Morgan fingerprint density at radius 1 is 1.50 bits per heavy atom. The molecule has 3 nitrogen and oxygen atoms in total. The zero-order valence-electron chi connectivity index (χ0n) is 8.09. The molecule has 0 heterocycles. The van der Waals surface area contributed by atoms with Gasteiger partial charge < -0.3 is 9.94 Å². The van der Waals surface area contributed by atoms with Crippen molar-refractivity contribution in [1.82, 2.24) is 5.48 Å². The molecular formula is C10H14BrNO2. The predicted octanol–water partition coefficient (Wildman–Crippen LogP) is 2.72. The molecule has 78 valence electrons. The van der Waals surface area contributed by atoms with Crippen LogP contribution in [0.1, 0.15) is 18.9 Å². The number of hydrogen-bond donors (Lipinski definition) is 2. The van der Waals surface area contributed by atoms with Gasteiger partial charge >= 0.3 is 0 Å². The molecule has 1 rings (SSSR count). The summed E-state index contributed by atoms with van der Waals surface area (Å²) in [6.07, 6.45) is 0.974. The van der Waals surface area contributed by atoms with Crippen LogP contribution in [0.25, 0.3) is 0 Å². The minimum atomic E-state index is 0.387. The van der Waals surface area contributed by atoms with Gasteiger partial charge in [0.05, 0.1) is 6.61 Å². The van der Waals surface area contributed by atoms with Crippen molar-refractivity contribution in [3.8, 4) is 5.75 Å². The summed E-state index contributed by atoms with van der Waals surface area (Å²) in [4.78, 5) is 0. The van der Waals surface area contributed by atoms with Crippen LogP contribution in [0.3, 0.4) is 0 Å². The normalized spacial score (nSPS) is 10.2. The van der Waals surface area contributed by atoms with E-state index in [0.717, 1.165) is 22.2 Å². The molecule has 1 aromatic carbocycles. The number of ether oxygens (including phenoxy) is 1. The third-order valence-electron chi connectivity index (χ3n) is 1.75. The van der Waals surface area contributed by atoms with Crippen LogP contribution in [-0.2, 0) is 6.54 Å². The fourth-order valence-corrected chi connectivity index (χ4v) is 1.53. The number of rotatable bonds is 5. The molecule has 0 spiro atoms. The first-order valence-corrected chi connectivity index (χ1v) is 5.35. The number of halogens is 1. The second-order valence-corrected chi connectivity index (χ2v) is 3.85. The molecule has 4 heteroatoms. The Hall–Kier alpha value is -0.580. The van der Waals surface area contributed by atoms with Gasteiger partial charge in [-0.3, -0.25) is 0 Å². The number of benzene rings is 1. The van der Waals surface area contributed by atoms with Gasteiger partial charge in [-0.25, -0.2) is 5.48 Å². The number of hydroxylamine groups is 1. The second-order valence-electron chi connectivity index (χ2n) is 2.94. The molecule has 0 amide bonds. The van der Waals surface area contributed by atoms with Crippen molar-refractivity contribution >= 4 is 15.9 Å². The smallest absolute Gasteiger partial charge is 0.123 e. The predicted molar refractivity (Wildman–Crippen MR) is 58.6 cm³/mol. The zero-order valence-corrected chi connectivity index (χ0v) is 9.67. The minimum absolute atomic E-state index is 0.387. The Labute approximate surface area is 92.2 Å². The molecule has 0 unspecified atom stereocenters. The average molecular weight is 260 g/mol.